The maximum absolute atomic E-state index is 6.25. The highest BCUT2D eigenvalue weighted by molar-refractivity contribution is 6.02. The van der Waals surface area contributed by atoms with Crippen LogP contribution >= 0.6 is 0 Å². The molecule has 2 aromatic heterocycles. The van der Waals surface area contributed by atoms with Crippen LogP contribution < -0.4 is 29.4 Å². The molecule has 0 aliphatic heterocycles. The number of aromatic nitrogens is 3. The van der Waals surface area contributed by atoms with Gasteiger partial charge in [-0.1, -0.05) is 0 Å². The fraction of sp³-hybridized carbons (Fsp3) is 0.208. The van der Waals surface area contributed by atoms with Crippen molar-refractivity contribution in [3.63, 3.8) is 0 Å². The molecule has 0 saturated heterocycles. The quantitative estimate of drug-likeness (QED) is 0.449. The highest BCUT2D eigenvalue weighted by Gasteiger charge is 2.20. The number of hydrogen-bond acceptors (Lipinski definition) is 9. The Morgan fingerprint density at radius 2 is 1.39 bits per heavy atom. The molecule has 2 N–H and O–H groups in total. The normalized spacial score (nSPS) is 10.7. The van der Waals surface area contributed by atoms with E-state index >= 15 is 0 Å². The van der Waals surface area contributed by atoms with Crippen molar-refractivity contribution in [2.24, 2.45) is 0 Å². The molecule has 0 radical (unpaired) electrons. The highest BCUT2D eigenvalue weighted by atomic mass is 16.5. The summed E-state index contributed by atoms with van der Waals surface area (Å²) in [6, 6.07) is 11.1. The molecule has 4 aromatic rings. The van der Waals surface area contributed by atoms with Crippen LogP contribution in [0.4, 0.5) is 5.82 Å². The summed E-state index contributed by atoms with van der Waals surface area (Å²) in [5, 5.41) is 0.611. The van der Waals surface area contributed by atoms with Crippen molar-refractivity contribution in [2.75, 3.05) is 41.3 Å². The summed E-state index contributed by atoms with van der Waals surface area (Å²) >= 11 is 0. The van der Waals surface area contributed by atoms with E-state index in [9.17, 15) is 0 Å². The van der Waals surface area contributed by atoms with Crippen molar-refractivity contribution in [2.45, 2.75) is 0 Å². The van der Waals surface area contributed by atoms with Gasteiger partial charge in [0, 0.05) is 16.7 Å². The van der Waals surface area contributed by atoms with Gasteiger partial charge in [0.2, 0.25) is 5.75 Å². The largest absolute Gasteiger partial charge is 0.497 e. The summed E-state index contributed by atoms with van der Waals surface area (Å²) in [6.07, 6.45) is 1.39. The van der Waals surface area contributed by atoms with Gasteiger partial charge in [-0.15, -0.1) is 0 Å². The third-order valence-corrected chi connectivity index (χ3v) is 5.29. The second-order valence-electron chi connectivity index (χ2n) is 6.99. The highest BCUT2D eigenvalue weighted by Crippen LogP contribution is 2.43. The summed E-state index contributed by atoms with van der Waals surface area (Å²) < 4.78 is 27.5. The van der Waals surface area contributed by atoms with E-state index < -0.39 is 0 Å². The molecule has 33 heavy (non-hydrogen) atoms. The summed E-state index contributed by atoms with van der Waals surface area (Å²) in [5.41, 5.74) is 9.57. The van der Waals surface area contributed by atoms with Crippen molar-refractivity contribution in [1.29, 1.82) is 0 Å². The SMILES string of the molecule is COc1ccc(OC)c(-c2cc(-c3cc(OC)c(OC)c(OC)c3)nc3ncnc(N)c23)c1. The summed E-state index contributed by atoms with van der Waals surface area (Å²) in [4.78, 5) is 13.3. The van der Waals surface area contributed by atoms with Crippen molar-refractivity contribution < 1.29 is 23.7 Å². The molecule has 9 nitrogen and oxygen atoms in total. The number of methoxy groups -OCH3 is 5. The number of nitrogens with zero attached hydrogens (tertiary/aromatic N) is 3. The zero-order valence-electron chi connectivity index (χ0n) is 19.0. The van der Waals surface area contributed by atoms with E-state index in [2.05, 4.69) is 9.97 Å². The van der Waals surface area contributed by atoms with Crippen LogP contribution in [-0.2, 0) is 0 Å². The average molecular weight is 448 g/mol. The standard InChI is InChI=1S/C24H24N4O5/c1-29-14-6-7-18(30-2)15(10-14)16-11-17(28-24-21(16)23(25)26-12-27-24)13-8-19(31-3)22(33-5)20(9-13)32-4/h6-12H,1-5H3,(H2,25,26,27,28). The third kappa shape index (κ3) is 3.89. The van der Waals surface area contributed by atoms with Gasteiger partial charge in [-0.2, -0.15) is 0 Å². The van der Waals surface area contributed by atoms with Crippen LogP contribution in [0.15, 0.2) is 42.7 Å². The second kappa shape index (κ2) is 9.07. The first kappa shape index (κ1) is 21.9. The van der Waals surface area contributed by atoms with Gasteiger partial charge in [-0.25, -0.2) is 15.0 Å². The minimum absolute atomic E-state index is 0.309. The molecule has 0 aliphatic rings. The molecule has 0 spiro atoms. The molecule has 0 bridgehead atoms. The van der Waals surface area contributed by atoms with E-state index in [4.69, 9.17) is 34.4 Å². The maximum Gasteiger partial charge on any atom is 0.203 e. The number of pyridine rings is 1. The number of anilines is 1. The van der Waals surface area contributed by atoms with E-state index in [1.54, 1.807) is 35.5 Å². The minimum atomic E-state index is 0.309. The molecule has 4 rings (SSSR count). The van der Waals surface area contributed by atoms with Gasteiger partial charge < -0.3 is 29.4 Å². The first-order chi connectivity index (χ1) is 16.0. The lowest BCUT2D eigenvalue weighted by Gasteiger charge is -2.16. The van der Waals surface area contributed by atoms with Crippen LogP contribution in [-0.4, -0.2) is 50.5 Å². The number of hydrogen-bond donors (Lipinski definition) is 1. The predicted molar refractivity (Wildman–Crippen MR) is 125 cm³/mol. The Morgan fingerprint density at radius 1 is 0.697 bits per heavy atom. The molecular weight excluding hydrogens is 424 g/mol. The lowest BCUT2D eigenvalue weighted by Crippen LogP contribution is -2.00. The molecule has 0 unspecified atom stereocenters. The summed E-state index contributed by atoms with van der Waals surface area (Å²) in [7, 11) is 7.90. The molecule has 2 aromatic carbocycles. The molecule has 0 aliphatic carbocycles. The Kier molecular flexibility index (Phi) is 6.03. The van der Waals surface area contributed by atoms with E-state index in [-0.39, 0.29) is 0 Å². The van der Waals surface area contributed by atoms with Crippen LogP contribution in [0.25, 0.3) is 33.4 Å². The molecule has 2 heterocycles. The average Bonchev–Trinajstić information content (AvgIpc) is 2.86. The first-order valence-electron chi connectivity index (χ1n) is 9.98. The fourth-order valence-corrected chi connectivity index (χ4v) is 3.70. The predicted octanol–water partition coefficient (Wildman–Crippen LogP) is 3.98. The number of benzene rings is 2. The van der Waals surface area contributed by atoms with Gasteiger partial charge in [-0.3, -0.25) is 0 Å². The molecule has 9 heteroatoms. The lowest BCUT2D eigenvalue weighted by atomic mass is 9.98. The molecule has 0 atom stereocenters. The molecule has 0 amide bonds. The lowest BCUT2D eigenvalue weighted by molar-refractivity contribution is 0.324. The van der Waals surface area contributed by atoms with E-state index in [1.165, 1.54) is 6.33 Å². The number of fused-ring (bicyclic) bond motifs is 1. The monoisotopic (exact) mass is 448 g/mol. The van der Waals surface area contributed by atoms with Crippen LogP contribution in [0.3, 0.4) is 0 Å². The van der Waals surface area contributed by atoms with Crippen LogP contribution in [0.5, 0.6) is 28.7 Å². The maximum atomic E-state index is 6.25. The van der Waals surface area contributed by atoms with Crippen molar-refractivity contribution >= 4 is 16.9 Å². The number of ether oxygens (including phenoxy) is 5. The Bertz CT molecular complexity index is 1300. The molecule has 0 saturated carbocycles. The Balaban J connectivity index is 2.05. The van der Waals surface area contributed by atoms with Crippen LogP contribution in [0.2, 0.25) is 0 Å². The fourth-order valence-electron chi connectivity index (χ4n) is 3.70. The van der Waals surface area contributed by atoms with E-state index in [0.717, 1.165) is 16.7 Å². The zero-order valence-corrected chi connectivity index (χ0v) is 19.0. The zero-order chi connectivity index (χ0) is 23.5. The van der Waals surface area contributed by atoms with Gasteiger partial charge in [0.25, 0.3) is 0 Å². The van der Waals surface area contributed by atoms with Crippen LogP contribution in [0, 0.1) is 0 Å². The van der Waals surface area contributed by atoms with E-state index in [0.29, 0.717) is 51.3 Å². The van der Waals surface area contributed by atoms with Gasteiger partial charge in [0.1, 0.15) is 23.6 Å². The molecule has 0 fully saturated rings. The van der Waals surface area contributed by atoms with Gasteiger partial charge in [-0.05, 0) is 36.4 Å². The Hall–Kier alpha value is -4.27. The van der Waals surface area contributed by atoms with Crippen LogP contribution in [0.1, 0.15) is 0 Å². The van der Waals surface area contributed by atoms with Crippen molar-refractivity contribution in [3.05, 3.63) is 42.7 Å². The van der Waals surface area contributed by atoms with Gasteiger partial charge >= 0.3 is 0 Å². The van der Waals surface area contributed by atoms with E-state index in [1.807, 2.05) is 36.4 Å². The molecular formula is C24H24N4O5. The smallest absolute Gasteiger partial charge is 0.203 e. The Morgan fingerprint density at radius 3 is 2.00 bits per heavy atom. The number of rotatable bonds is 7. The Labute approximate surface area is 191 Å². The topological polar surface area (TPSA) is 111 Å². The van der Waals surface area contributed by atoms with Crippen molar-refractivity contribution in [1.82, 2.24) is 15.0 Å². The second-order valence-corrected chi connectivity index (χ2v) is 6.99. The third-order valence-electron chi connectivity index (χ3n) is 5.29. The minimum Gasteiger partial charge on any atom is -0.497 e. The molecule has 170 valence electrons. The number of nitrogens with two attached hydrogens (primary N) is 1. The summed E-state index contributed by atoms with van der Waals surface area (Å²) in [5.74, 6) is 3.13. The van der Waals surface area contributed by atoms with Crippen molar-refractivity contribution in [3.8, 4) is 51.1 Å². The first-order valence-corrected chi connectivity index (χ1v) is 9.98. The number of nitrogen functional groups attached to an aromatic ring is 1. The summed E-state index contributed by atoms with van der Waals surface area (Å²) in [6.45, 7) is 0. The van der Waals surface area contributed by atoms with Gasteiger partial charge in [0.05, 0.1) is 46.6 Å². The van der Waals surface area contributed by atoms with Gasteiger partial charge in [0.15, 0.2) is 17.1 Å².